The SMILES string of the molecule is C=CCC[C@H](N)c1c[nH]c2ccccc12.Cl. The Kier molecular flexibility index (Phi) is 4.59. The third kappa shape index (κ3) is 2.46. The highest BCUT2D eigenvalue weighted by Crippen LogP contribution is 2.25. The van der Waals surface area contributed by atoms with Crippen molar-refractivity contribution in [3.63, 3.8) is 0 Å². The second kappa shape index (κ2) is 5.73. The van der Waals surface area contributed by atoms with Crippen molar-refractivity contribution in [1.82, 2.24) is 4.98 Å². The molecule has 0 saturated heterocycles. The molecule has 0 spiro atoms. The van der Waals surface area contributed by atoms with E-state index in [2.05, 4.69) is 23.7 Å². The van der Waals surface area contributed by atoms with Crippen LogP contribution in [-0.4, -0.2) is 4.98 Å². The van der Waals surface area contributed by atoms with Crippen molar-refractivity contribution in [2.24, 2.45) is 5.73 Å². The third-order valence-corrected chi connectivity index (χ3v) is 2.70. The zero-order valence-electron chi connectivity index (χ0n) is 9.15. The summed E-state index contributed by atoms with van der Waals surface area (Å²) in [6, 6.07) is 8.34. The van der Waals surface area contributed by atoms with Crippen LogP contribution >= 0.6 is 12.4 Å². The second-order valence-electron chi connectivity index (χ2n) is 3.76. The number of aromatic amines is 1. The molecule has 0 aliphatic rings. The van der Waals surface area contributed by atoms with Gasteiger partial charge in [0.25, 0.3) is 0 Å². The van der Waals surface area contributed by atoms with Crippen LogP contribution in [0.15, 0.2) is 43.1 Å². The van der Waals surface area contributed by atoms with Crippen molar-refractivity contribution in [2.75, 3.05) is 0 Å². The van der Waals surface area contributed by atoms with E-state index < -0.39 is 0 Å². The van der Waals surface area contributed by atoms with E-state index in [1.807, 2.05) is 24.4 Å². The van der Waals surface area contributed by atoms with Crippen LogP contribution in [0.3, 0.4) is 0 Å². The molecular formula is C13H17ClN2. The predicted molar refractivity (Wildman–Crippen MR) is 71.9 cm³/mol. The van der Waals surface area contributed by atoms with Gasteiger partial charge in [0.15, 0.2) is 0 Å². The molecule has 1 atom stereocenters. The highest BCUT2D eigenvalue weighted by atomic mass is 35.5. The summed E-state index contributed by atoms with van der Waals surface area (Å²) < 4.78 is 0. The Bertz CT molecular complexity index is 462. The normalized spacial score (nSPS) is 12.1. The van der Waals surface area contributed by atoms with Gasteiger partial charge >= 0.3 is 0 Å². The molecule has 2 aromatic rings. The van der Waals surface area contributed by atoms with Crippen LogP contribution in [0.1, 0.15) is 24.4 Å². The van der Waals surface area contributed by atoms with Gasteiger partial charge in [-0.3, -0.25) is 0 Å². The number of H-pyrrole nitrogens is 1. The lowest BCUT2D eigenvalue weighted by atomic mass is 10.0. The van der Waals surface area contributed by atoms with E-state index in [0.29, 0.717) is 0 Å². The van der Waals surface area contributed by atoms with Gasteiger partial charge < -0.3 is 10.7 Å². The minimum absolute atomic E-state index is 0. The fraction of sp³-hybridized carbons (Fsp3) is 0.231. The Morgan fingerprint density at radius 1 is 1.38 bits per heavy atom. The molecule has 0 aliphatic heterocycles. The summed E-state index contributed by atoms with van der Waals surface area (Å²) >= 11 is 0. The first kappa shape index (κ1) is 12.8. The first-order valence-corrected chi connectivity index (χ1v) is 5.25. The van der Waals surface area contributed by atoms with Crippen LogP contribution in [0, 0.1) is 0 Å². The minimum atomic E-state index is 0. The minimum Gasteiger partial charge on any atom is -0.361 e. The monoisotopic (exact) mass is 236 g/mol. The summed E-state index contributed by atoms with van der Waals surface area (Å²) in [6.07, 6.45) is 5.83. The molecule has 1 aromatic heterocycles. The van der Waals surface area contributed by atoms with E-state index in [4.69, 9.17) is 5.73 Å². The number of hydrogen-bond donors (Lipinski definition) is 2. The molecule has 0 saturated carbocycles. The van der Waals surface area contributed by atoms with Gasteiger partial charge in [-0.1, -0.05) is 24.3 Å². The number of nitrogens with two attached hydrogens (primary N) is 1. The van der Waals surface area contributed by atoms with Crippen LogP contribution in [0.5, 0.6) is 0 Å². The number of rotatable bonds is 4. The van der Waals surface area contributed by atoms with Crippen molar-refractivity contribution in [2.45, 2.75) is 18.9 Å². The summed E-state index contributed by atoms with van der Waals surface area (Å²) in [5.41, 5.74) is 8.48. The zero-order chi connectivity index (χ0) is 10.7. The van der Waals surface area contributed by atoms with Crippen LogP contribution in [0.2, 0.25) is 0 Å². The molecule has 16 heavy (non-hydrogen) atoms. The van der Waals surface area contributed by atoms with E-state index in [1.165, 1.54) is 10.9 Å². The molecule has 86 valence electrons. The lowest BCUT2D eigenvalue weighted by Gasteiger charge is -2.08. The zero-order valence-corrected chi connectivity index (χ0v) is 9.96. The molecule has 0 unspecified atom stereocenters. The van der Waals surface area contributed by atoms with E-state index in [9.17, 15) is 0 Å². The third-order valence-electron chi connectivity index (χ3n) is 2.70. The molecule has 2 nitrogen and oxygen atoms in total. The first-order chi connectivity index (χ1) is 7.33. The van der Waals surface area contributed by atoms with Crippen molar-refractivity contribution in [3.8, 4) is 0 Å². The van der Waals surface area contributed by atoms with Crippen molar-refractivity contribution >= 4 is 23.3 Å². The largest absolute Gasteiger partial charge is 0.361 e. The van der Waals surface area contributed by atoms with Crippen LogP contribution in [-0.2, 0) is 0 Å². The van der Waals surface area contributed by atoms with Gasteiger partial charge in [-0.2, -0.15) is 0 Å². The van der Waals surface area contributed by atoms with E-state index in [1.54, 1.807) is 0 Å². The maximum Gasteiger partial charge on any atom is 0.0457 e. The highest BCUT2D eigenvalue weighted by molar-refractivity contribution is 5.85. The molecular weight excluding hydrogens is 220 g/mol. The highest BCUT2D eigenvalue weighted by Gasteiger charge is 2.09. The molecule has 1 aromatic carbocycles. The molecule has 0 amide bonds. The van der Waals surface area contributed by atoms with Gasteiger partial charge in [-0.25, -0.2) is 0 Å². The maximum atomic E-state index is 6.12. The number of benzene rings is 1. The number of allylic oxidation sites excluding steroid dienone is 1. The van der Waals surface area contributed by atoms with Crippen molar-refractivity contribution < 1.29 is 0 Å². The van der Waals surface area contributed by atoms with Gasteiger partial charge in [0.05, 0.1) is 0 Å². The fourth-order valence-electron chi connectivity index (χ4n) is 1.85. The molecule has 0 aliphatic carbocycles. The Labute approximate surface area is 102 Å². The first-order valence-electron chi connectivity index (χ1n) is 5.25. The lowest BCUT2D eigenvalue weighted by molar-refractivity contribution is 0.666. The topological polar surface area (TPSA) is 41.8 Å². The number of aromatic nitrogens is 1. The molecule has 3 N–H and O–H groups in total. The molecule has 3 heteroatoms. The summed E-state index contributed by atoms with van der Waals surface area (Å²) in [6.45, 7) is 3.71. The standard InChI is InChI=1S/C13H16N2.ClH/c1-2-3-7-12(14)11-9-15-13-8-5-4-6-10(11)13;/h2,4-6,8-9,12,15H,1,3,7,14H2;1H/t12-;/m0./s1. The van der Waals surface area contributed by atoms with Crippen LogP contribution in [0.25, 0.3) is 10.9 Å². The smallest absolute Gasteiger partial charge is 0.0457 e. The molecule has 1 heterocycles. The van der Waals surface area contributed by atoms with E-state index in [0.717, 1.165) is 18.4 Å². The Balaban J connectivity index is 0.00000128. The van der Waals surface area contributed by atoms with E-state index >= 15 is 0 Å². The Morgan fingerprint density at radius 2 is 2.12 bits per heavy atom. The van der Waals surface area contributed by atoms with Gasteiger partial charge in [-0.15, -0.1) is 19.0 Å². The van der Waals surface area contributed by atoms with Gasteiger partial charge in [-0.05, 0) is 24.5 Å². The van der Waals surface area contributed by atoms with Gasteiger partial charge in [0.1, 0.15) is 0 Å². The summed E-state index contributed by atoms with van der Waals surface area (Å²) in [4.78, 5) is 3.24. The summed E-state index contributed by atoms with van der Waals surface area (Å²) in [5, 5.41) is 1.23. The lowest BCUT2D eigenvalue weighted by Crippen LogP contribution is -2.08. The molecule has 2 rings (SSSR count). The average Bonchev–Trinajstić information content (AvgIpc) is 2.69. The number of fused-ring (bicyclic) bond motifs is 1. The summed E-state index contributed by atoms with van der Waals surface area (Å²) in [5.74, 6) is 0. The van der Waals surface area contributed by atoms with Crippen molar-refractivity contribution in [1.29, 1.82) is 0 Å². The molecule has 0 bridgehead atoms. The van der Waals surface area contributed by atoms with E-state index in [-0.39, 0.29) is 18.4 Å². The van der Waals surface area contributed by atoms with Crippen LogP contribution in [0.4, 0.5) is 0 Å². The van der Waals surface area contributed by atoms with Gasteiger partial charge in [0, 0.05) is 23.1 Å². The van der Waals surface area contributed by atoms with Crippen LogP contribution < -0.4 is 5.73 Å². The molecule has 0 fully saturated rings. The maximum absolute atomic E-state index is 6.12. The fourth-order valence-corrected chi connectivity index (χ4v) is 1.85. The number of hydrogen-bond acceptors (Lipinski definition) is 1. The predicted octanol–water partition coefficient (Wildman–Crippen LogP) is 3.56. The summed E-state index contributed by atoms with van der Waals surface area (Å²) in [7, 11) is 0. The number of nitrogens with one attached hydrogen (secondary N) is 1. The van der Waals surface area contributed by atoms with Crippen molar-refractivity contribution in [3.05, 3.63) is 48.7 Å². The number of para-hydroxylation sites is 1. The molecule has 0 radical (unpaired) electrons. The Hall–Kier alpha value is -1.25. The second-order valence-corrected chi connectivity index (χ2v) is 3.76. The average molecular weight is 237 g/mol. The quantitative estimate of drug-likeness (QED) is 0.784. The number of halogens is 1. The van der Waals surface area contributed by atoms with Gasteiger partial charge in [0.2, 0.25) is 0 Å². The Morgan fingerprint density at radius 3 is 2.88 bits per heavy atom.